The third-order valence-electron chi connectivity index (χ3n) is 5.26. The van der Waals surface area contributed by atoms with Gasteiger partial charge in [0.15, 0.2) is 9.84 Å². The number of aryl methyl sites for hydroxylation is 2. The number of rotatable bonds is 14. The third-order valence-corrected chi connectivity index (χ3v) is 6.87. The topological polar surface area (TPSA) is 40.6 Å². The van der Waals surface area contributed by atoms with Crippen LogP contribution in [-0.2, 0) is 22.7 Å². The minimum Gasteiger partial charge on any atom is -0.305 e. The van der Waals surface area contributed by atoms with E-state index in [4.69, 9.17) is 0 Å². The molecule has 0 bridgehead atoms. The first-order chi connectivity index (χ1) is 13.9. The van der Waals surface area contributed by atoms with Crippen molar-refractivity contribution in [1.82, 2.24) is 9.80 Å². The largest absolute Gasteiger partial charge is 0.305 e. The van der Waals surface area contributed by atoms with Gasteiger partial charge in [-0.3, -0.25) is 0 Å². The Morgan fingerprint density at radius 3 is 1.38 bits per heavy atom. The van der Waals surface area contributed by atoms with Gasteiger partial charge in [0.25, 0.3) is 0 Å². The maximum Gasteiger partial charge on any atom is 0.152 e. The normalized spacial score (nSPS) is 12.0. The van der Waals surface area contributed by atoms with Crippen molar-refractivity contribution >= 4 is 9.84 Å². The summed E-state index contributed by atoms with van der Waals surface area (Å²) in [6, 6.07) is 20.9. The van der Waals surface area contributed by atoms with Crippen LogP contribution in [-0.4, -0.2) is 70.0 Å². The van der Waals surface area contributed by atoms with Crippen LogP contribution in [0.2, 0.25) is 0 Å². The van der Waals surface area contributed by atoms with Crippen LogP contribution in [0.15, 0.2) is 60.7 Å². The fourth-order valence-corrected chi connectivity index (χ4v) is 4.69. The van der Waals surface area contributed by atoms with Gasteiger partial charge in [-0.1, -0.05) is 60.7 Å². The molecule has 2 rings (SSSR count). The van der Waals surface area contributed by atoms with Crippen molar-refractivity contribution in [2.75, 3.05) is 51.8 Å². The van der Waals surface area contributed by atoms with Crippen LogP contribution < -0.4 is 0 Å². The zero-order chi connectivity index (χ0) is 21.0. The van der Waals surface area contributed by atoms with Gasteiger partial charge in [0.2, 0.25) is 0 Å². The summed E-state index contributed by atoms with van der Waals surface area (Å²) in [6.07, 6.45) is 4.16. The van der Waals surface area contributed by atoms with Gasteiger partial charge in [-0.25, -0.2) is 8.42 Å². The Morgan fingerprint density at radius 1 is 0.621 bits per heavy atom. The molecule has 2 aromatic carbocycles. The van der Waals surface area contributed by atoms with Crippen molar-refractivity contribution < 1.29 is 8.42 Å². The Labute approximate surface area is 177 Å². The molecule has 0 aliphatic carbocycles. The summed E-state index contributed by atoms with van der Waals surface area (Å²) in [4.78, 5) is 4.26. The van der Waals surface area contributed by atoms with Gasteiger partial charge in [0, 0.05) is 13.1 Å². The van der Waals surface area contributed by atoms with Gasteiger partial charge in [0.1, 0.15) is 0 Å². The highest BCUT2D eigenvalue weighted by Gasteiger charge is 2.13. The molecule has 0 amide bonds. The van der Waals surface area contributed by atoms with Gasteiger partial charge >= 0.3 is 0 Å². The summed E-state index contributed by atoms with van der Waals surface area (Å²) in [5.41, 5.74) is 2.67. The van der Waals surface area contributed by atoms with Crippen molar-refractivity contribution in [3.63, 3.8) is 0 Å². The number of sulfone groups is 1. The molecular formula is C24H36N2O2S. The van der Waals surface area contributed by atoms with E-state index < -0.39 is 9.84 Å². The second-order valence-corrected chi connectivity index (χ2v) is 10.2. The van der Waals surface area contributed by atoms with Gasteiger partial charge < -0.3 is 9.80 Å². The van der Waals surface area contributed by atoms with Crippen LogP contribution in [0.1, 0.15) is 24.0 Å². The van der Waals surface area contributed by atoms with E-state index in [0.29, 0.717) is 13.1 Å². The van der Waals surface area contributed by atoms with E-state index in [1.807, 2.05) is 26.2 Å². The van der Waals surface area contributed by atoms with Crippen LogP contribution in [0.4, 0.5) is 0 Å². The summed E-state index contributed by atoms with van der Waals surface area (Å²) >= 11 is 0. The van der Waals surface area contributed by atoms with Crippen molar-refractivity contribution in [2.24, 2.45) is 0 Å². The fraction of sp³-hybridized carbons (Fsp3) is 0.500. The Balaban J connectivity index is 1.57. The monoisotopic (exact) mass is 416 g/mol. The molecule has 0 N–H and O–H groups in total. The lowest BCUT2D eigenvalue weighted by atomic mass is 10.1. The highest BCUT2D eigenvalue weighted by Crippen LogP contribution is 2.05. The number of benzene rings is 2. The first-order valence-electron chi connectivity index (χ1n) is 10.6. The highest BCUT2D eigenvalue weighted by atomic mass is 32.2. The molecule has 4 nitrogen and oxygen atoms in total. The van der Waals surface area contributed by atoms with Gasteiger partial charge in [-0.05, 0) is 64.0 Å². The van der Waals surface area contributed by atoms with Crippen molar-refractivity contribution in [3.05, 3.63) is 71.8 Å². The van der Waals surface area contributed by atoms with Crippen LogP contribution >= 0.6 is 0 Å². The second-order valence-electron chi connectivity index (χ2n) is 7.94. The van der Waals surface area contributed by atoms with E-state index in [-0.39, 0.29) is 11.5 Å². The molecule has 0 unspecified atom stereocenters. The summed E-state index contributed by atoms with van der Waals surface area (Å²) in [5, 5.41) is 0. The van der Waals surface area contributed by atoms with Crippen LogP contribution in [0.25, 0.3) is 0 Å². The lowest BCUT2D eigenvalue weighted by Gasteiger charge is -2.19. The summed E-state index contributed by atoms with van der Waals surface area (Å²) in [6.45, 7) is 3.05. The number of hydrogen-bond acceptors (Lipinski definition) is 4. The molecule has 5 heteroatoms. The quantitative estimate of drug-likeness (QED) is 0.472. The summed E-state index contributed by atoms with van der Waals surface area (Å²) in [7, 11) is 1.01. The molecule has 0 aliphatic heterocycles. The Morgan fingerprint density at radius 2 is 1.00 bits per heavy atom. The van der Waals surface area contributed by atoms with E-state index in [0.717, 1.165) is 38.8 Å². The van der Waals surface area contributed by atoms with E-state index >= 15 is 0 Å². The lowest BCUT2D eigenvalue weighted by Crippen LogP contribution is -2.32. The molecule has 0 saturated carbocycles. The first-order valence-corrected chi connectivity index (χ1v) is 12.4. The zero-order valence-electron chi connectivity index (χ0n) is 18.0. The predicted octanol–water partition coefficient (Wildman–Crippen LogP) is 3.53. The molecule has 2 aromatic rings. The van der Waals surface area contributed by atoms with Gasteiger partial charge in [-0.2, -0.15) is 0 Å². The molecule has 160 valence electrons. The molecule has 0 aliphatic rings. The van der Waals surface area contributed by atoms with Crippen LogP contribution in [0.5, 0.6) is 0 Å². The summed E-state index contributed by atoms with van der Waals surface area (Å²) < 4.78 is 24.8. The van der Waals surface area contributed by atoms with Crippen molar-refractivity contribution in [2.45, 2.75) is 25.7 Å². The molecule has 0 saturated heterocycles. The minimum absolute atomic E-state index is 0.243. The third kappa shape index (κ3) is 10.6. The molecule has 0 atom stereocenters. The van der Waals surface area contributed by atoms with E-state index in [2.05, 4.69) is 58.3 Å². The molecule has 0 aromatic heterocycles. The smallest absolute Gasteiger partial charge is 0.152 e. The molecule has 0 spiro atoms. The first kappa shape index (κ1) is 23.6. The average molecular weight is 417 g/mol. The Kier molecular flexibility index (Phi) is 10.4. The number of hydrogen-bond donors (Lipinski definition) is 0. The van der Waals surface area contributed by atoms with Crippen molar-refractivity contribution in [3.8, 4) is 0 Å². The highest BCUT2D eigenvalue weighted by molar-refractivity contribution is 7.91. The molecule has 0 radical (unpaired) electrons. The predicted molar refractivity (Wildman–Crippen MR) is 123 cm³/mol. The molecule has 0 fully saturated rings. The second kappa shape index (κ2) is 12.8. The van der Waals surface area contributed by atoms with E-state index in [1.54, 1.807) is 0 Å². The lowest BCUT2D eigenvalue weighted by molar-refractivity contribution is 0.342. The Hall–Kier alpha value is -1.69. The van der Waals surface area contributed by atoms with E-state index in [9.17, 15) is 8.42 Å². The maximum atomic E-state index is 12.4. The molecule has 29 heavy (non-hydrogen) atoms. The van der Waals surface area contributed by atoms with Crippen LogP contribution in [0.3, 0.4) is 0 Å². The van der Waals surface area contributed by atoms with E-state index in [1.165, 1.54) is 11.1 Å². The number of nitrogens with zero attached hydrogens (tertiary/aromatic N) is 2. The zero-order valence-corrected chi connectivity index (χ0v) is 18.8. The summed E-state index contributed by atoms with van der Waals surface area (Å²) in [5.74, 6) is 0.486. The standard InChI is InChI=1S/C24H36N2O2S/c1-25(17-9-15-23-11-5-3-6-12-23)19-21-29(27,28)22-20-26(2)18-10-16-24-13-7-4-8-14-24/h3-8,11-14H,9-10,15-22H2,1-2H3. The molecular weight excluding hydrogens is 380 g/mol. The molecule has 0 heterocycles. The average Bonchev–Trinajstić information content (AvgIpc) is 2.73. The SMILES string of the molecule is CN(CCCc1ccccc1)CCS(=O)(=O)CCN(C)CCCc1ccccc1. The fourth-order valence-electron chi connectivity index (χ4n) is 3.31. The van der Waals surface area contributed by atoms with Gasteiger partial charge in [-0.15, -0.1) is 0 Å². The minimum atomic E-state index is -3.01. The van der Waals surface area contributed by atoms with Gasteiger partial charge in [0.05, 0.1) is 11.5 Å². The maximum absolute atomic E-state index is 12.4. The Bertz CT molecular complexity index is 718. The van der Waals surface area contributed by atoms with Crippen molar-refractivity contribution in [1.29, 1.82) is 0 Å². The van der Waals surface area contributed by atoms with Crippen LogP contribution in [0, 0.1) is 0 Å².